The highest BCUT2D eigenvalue weighted by molar-refractivity contribution is 6.34. The van der Waals surface area contributed by atoms with Crippen molar-refractivity contribution in [3.05, 3.63) is 46.7 Å². The summed E-state index contributed by atoms with van der Waals surface area (Å²) in [5, 5.41) is 22.8. The van der Waals surface area contributed by atoms with E-state index in [9.17, 15) is 14.4 Å². The largest absolute Gasteiger partial charge is 0.465 e. The van der Waals surface area contributed by atoms with E-state index in [-0.39, 0.29) is 27.7 Å². The summed E-state index contributed by atoms with van der Waals surface area (Å²) in [6.45, 7) is 0. The van der Waals surface area contributed by atoms with Crippen LogP contribution in [0.1, 0.15) is 22.5 Å². The van der Waals surface area contributed by atoms with Gasteiger partial charge in [-0.3, -0.25) is 14.9 Å². The maximum absolute atomic E-state index is 12.3. The molecule has 0 fully saturated rings. The Labute approximate surface area is 165 Å². The number of hydrogen-bond donors (Lipinski definition) is 3. The summed E-state index contributed by atoms with van der Waals surface area (Å²) in [7, 11) is 3.46. The maximum atomic E-state index is 12.3. The van der Waals surface area contributed by atoms with Crippen molar-refractivity contribution in [2.45, 2.75) is 6.42 Å². The van der Waals surface area contributed by atoms with Gasteiger partial charge in [0.15, 0.2) is 5.78 Å². The predicted octanol–water partition coefficient (Wildman–Crippen LogP) is 2.97. The number of amides is 2. The third-order valence-electron chi connectivity index (χ3n) is 3.60. The van der Waals surface area contributed by atoms with Crippen LogP contribution in [0.3, 0.4) is 0 Å². The number of benzene rings is 1. The molecule has 2 aromatic rings. The number of nitrogens with one attached hydrogen (secondary N) is 2. The van der Waals surface area contributed by atoms with Gasteiger partial charge in [-0.25, -0.2) is 9.78 Å². The van der Waals surface area contributed by atoms with Gasteiger partial charge in [-0.1, -0.05) is 11.6 Å². The van der Waals surface area contributed by atoms with E-state index in [1.165, 1.54) is 30.5 Å². The van der Waals surface area contributed by atoms with E-state index in [4.69, 9.17) is 22.0 Å². The van der Waals surface area contributed by atoms with Crippen LogP contribution in [-0.4, -0.2) is 42.0 Å². The molecule has 0 bridgehead atoms. The third-order valence-corrected chi connectivity index (χ3v) is 3.90. The van der Waals surface area contributed by atoms with E-state index in [1.807, 2.05) is 6.07 Å². The van der Waals surface area contributed by atoms with Crippen molar-refractivity contribution in [3.8, 4) is 6.07 Å². The first-order valence-electron chi connectivity index (χ1n) is 7.91. The Kier molecular flexibility index (Phi) is 6.52. The number of hydrogen-bond acceptors (Lipinski definition) is 6. The summed E-state index contributed by atoms with van der Waals surface area (Å²) in [5.74, 6) is -1.18. The molecule has 0 atom stereocenters. The fourth-order valence-electron chi connectivity index (χ4n) is 2.33. The van der Waals surface area contributed by atoms with Crippen molar-refractivity contribution in [2.24, 2.45) is 0 Å². The van der Waals surface area contributed by atoms with E-state index in [1.54, 1.807) is 19.0 Å². The van der Waals surface area contributed by atoms with E-state index < -0.39 is 24.2 Å². The lowest BCUT2D eigenvalue weighted by Gasteiger charge is -2.19. The first kappa shape index (κ1) is 20.7. The summed E-state index contributed by atoms with van der Waals surface area (Å²) in [6.07, 6.45) is -0.522. The standard InChI is InChI=1S/C18H16ClN5O4/c1-24(2)15-7-14(23-18(27)28)13(6-12(15)19)22-17(26)8-16(25)10-3-4-21-11(5-10)9-20/h3-7,23H,8H2,1-2H3,(H,22,26)(H,27,28). The van der Waals surface area contributed by atoms with Gasteiger partial charge < -0.3 is 15.3 Å². The van der Waals surface area contributed by atoms with Gasteiger partial charge >= 0.3 is 6.09 Å². The fraction of sp³-hybridized carbons (Fsp3) is 0.167. The minimum absolute atomic E-state index is 0.0604. The number of carboxylic acid groups (broad SMARTS) is 1. The first-order valence-corrected chi connectivity index (χ1v) is 8.29. The van der Waals surface area contributed by atoms with Crippen molar-refractivity contribution >= 4 is 46.4 Å². The van der Waals surface area contributed by atoms with E-state index in [0.717, 1.165) is 0 Å². The van der Waals surface area contributed by atoms with Crippen molar-refractivity contribution in [2.75, 3.05) is 29.6 Å². The summed E-state index contributed by atoms with van der Waals surface area (Å²) in [6, 6.07) is 7.36. The molecule has 3 N–H and O–H groups in total. The number of rotatable bonds is 6. The van der Waals surface area contributed by atoms with E-state index >= 15 is 0 Å². The Morgan fingerprint density at radius 2 is 1.89 bits per heavy atom. The first-order chi connectivity index (χ1) is 13.2. The average Bonchev–Trinajstić information content (AvgIpc) is 2.63. The molecular weight excluding hydrogens is 386 g/mol. The van der Waals surface area contributed by atoms with Gasteiger partial charge in [-0.05, 0) is 24.3 Å². The van der Waals surface area contributed by atoms with Gasteiger partial charge in [0.2, 0.25) is 5.91 Å². The molecule has 0 radical (unpaired) electrons. The molecule has 1 aromatic heterocycles. The Balaban J connectivity index is 2.22. The number of carbonyl (C=O) groups excluding carboxylic acids is 2. The van der Waals surface area contributed by atoms with Crippen LogP contribution in [0.5, 0.6) is 0 Å². The lowest BCUT2D eigenvalue weighted by Crippen LogP contribution is -2.19. The fourth-order valence-corrected chi connectivity index (χ4v) is 2.67. The van der Waals surface area contributed by atoms with E-state index in [2.05, 4.69) is 15.6 Å². The number of nitriles is 1. The van der Waals surface area contributed by atoms with Gasteiger partial charge in [-0.2, -0.15) is 5.26 Å². The molecule has 2 rings (SSSR count). The van der Waals surface area contributed by atoms with Crippen LogP contribution in [0, 0.1) is 11.3 Å². The van der Waals surface area contributed by atoms with E-state index in [0.29, 0.717) is 5.69 Å². The maximum Gasteiger partial charge on any atom is 0.409 e. The van der Waals surface area contributed by atoms with Crippen LogP contribution < -0.4 is 15.5 Å². The molecular formula is C18H16ClN5O4. The molecule has 2 amide bonds. The molecule has 0 aliphatic heterocycles. The second-order valence-corrected chi connectivity index (χ2v) is 6.27. The molecule has 0 unspecified atom stereocenters. The van der Waals surface area contributed by atoms with Crippen molar-refractivity contribution in [1.29, 1.82) is 5.26 Å². The summed E-state index contributed by atoms with van der Waals surface area (Å²) in [4.78, 5) is 41.0. The molecule has 10 heteroatoms. The number of Topliss-reactive ketones (excluding diaryl/α,β-unsaturated/α-hetero) is 1. The van der Waals surface area contributed by atoms with Crippen LogP contribution in [0.2, 0.25) is 5.02 Å². The van der Waals surface area contributed by atoms with Crippen LogP contribution in [0.25, 0.3) is 0 Å². The number of nitrogens with zero attached hydrogens (tertiary/aromatic N) is 3. The lowest BCUT2D eigenvalue weighted by molar-refractivity contribution is -0.115. The highest BCUT2D eigenvalue weighted by Crippen LogP contribution is 2.34. The molecule has 0 saturated carbocycles. The summed E-state index contributed by atoms with van der Waals surface area (Å²) in [5.41, 5.74) is 0.998. The van der Waals surface area contributed by atoms with Crippen LogP contribution in [0.4, 0.5) is 21.9 Å². The Hall–Kier alpha value is -3.64. The zero-order chi connectivity index (χ0) is 20.8. The van der Waals surface area contributed by atoms with Gasteiger partial charge in [0.25, 0.3) is 0 Å². The second-order valence-electron chi connectivity index (χ2n) is 5.86. The monoisotopic (exact) mass is 401 g/mol. The SMILES string of the molecule is CN(C)c1cc(NC(=O)O)c(NC(=O)CC(=O)c2ccnc(C#N)c2)cc1Cl. The molecule has 1 aromatic carbocycles. The van der Waals surface area contributed by atoms with Crippen molar-refractivity contribution < 1.29 is 19.5 Å². The van der Waals surface area contributed by atoms with Gasteiger partial charge in [-0.15, -0.1) is 0 Å². The molecule has 0 aliphatic carbocycles. The normalized spacial score (nSPS) is 9.93. The van der Waals surface area contributed by atoms with Gasteiger partial charge in [0.05, 0.1) is 28.5 Å². The number of ketones is 1. The Morgan fingerprint density at radius 3 is 2.50 bits per heavy atom. The highest BCUT2D eigenvalue weighted by atomic mass is 35.5. The number of carbonyl (C=O) groups is 3. The molecule has 0 aliphatic rings. The molecule has 9 nitrogen and oxygen atoms in total. The van der Waals surface area contributed by atoms with Gasteiger partial charge in [0, 0.05) is 25.9 Å². The summed E-state index contributed by atoms with van der Waals surface area (Å²) < 4.78 is 0. The molecule has 144 valence electrons. The minimum atomic E-state index is -1.32. The molecule has 0 saturated heterocycles. The highest BCUT2D eigenvalue weighted by Gasteiger charge is 2.17. The van der Waals surface area contributed by atoms with Crippen molar-refractivity contribution in [1.82, 2.24) is 4.98 Å². The summed E-state index contributed by atoms with van der Waals surface area (Å²) >= 11 is 6.18. The zero-order valence-electron chi connectivity index (χ0n) is 15.0. The van der Waals surface area contributed by atoms with Crippen LogP contribution in [-0.2, 0) is 4.79 Å². The zero-order valence-corrected chi connectivity index (χ0v) is 15.7. The third kappa shape index (κ3) is 5.18. The van der Waals surface area contributed by atoms with Crippen LogP contribution >= 0.6 is 11.6 Å². The lowest BCUT2D eigenvalue weighted by atomic mass is 10.1. The predicted molar refractivity (Wildman–Crippen MR) is 104 cm³/mol. The van der Waals surface area contributed by atoms with Gasteiger partial charge in [0.1, 0.15) is 11.8 Å². The molecule has 0 spiro atoms. The quantitative estimate of drug-likeness (QED) is 0.500. The molecule has 28 heavy (non-hydrogen) atoms. The minimum Gasteiger partial charge on any atom is -0.465 e. The number of halogens is 1. The average molecular weight is 402 g/mol. The smallest absolute Gasteiger partial charge is 0.409 e. The number of aromatic nitrogens is 1. The Morgan fingerprint density at radius 1 is 1.21 bits per heavy atom. The molecule has 1 heterocycles. The topological polar surface area (TPSA) is 135 Å². The van der Waals surface area contributed by atoms with Crippen LogP contribution in [0.15, 0.2) is 30.5 Å². The second kappa shape index (κ2) is 8.83. The number of anilines is 3. The number of pyridine rings is 1. The van der Waals surface area contributed by atoms with Crippen molar-refractivity contribution in [3.63, 3.8) is 0 Å². The Bertz CT molecular complexity index is 984.